The van der Waals surface area contributed by atoms with Gasteiger partial charge >= 0.3 is 0 Å². The van der Waals surface area contributed by atoms with Crippen LogP contribution in [0.4, 0.5) is 0 Å². The fourth-order valence-electron chi connectivity index (χ4n) is 0.951. The van der Waals surface area contributed by atoms with Gasteiger partial charge in [-0.3, -0.25) is 0 Å². The average Bonchev–Trinajstić information content (AvgIpc) is 2.26. The molecule has 4 nitrogen and oxygen atoms in total. The molecule has 0 saturated heterocycles. The van der Waals surface area contributed by atoms with Gasteiger partial charge in [0.05, 0.1) is 10.6 Å². The molecule has 1 aromatic carbocycles. The predicted octanol–water partition coefficient (Wildman–Crippen LogP) is 2.45. The van der Waals surface area contributed by atoms with Crippen molar-refractivity contribution in [3.63, 3.8) is 0 Å². The van der Waals surface area contributed by atoms with E-state index in [9.17, 15) is 8.42 Å². The normalized spacial score (nSPS) is 12.9. The molecule has 0 aromatic heterocycles. The van der Waals surface area contributed by atoms with Gasteiger partial charge in [0.2, 0.25) is 0 Å². The molecule has 0 aliphatic heterocycles. The smallest absolute Gasteiger partial charge is 0.200 e. The third-order valence-corrected chi connectivity index (χ3v) is 3.85. The molecule has 0 aliphatic rings. The van der Waals surface area contributed by atoms with Gasteiger partial charge in [-0.25, -0.2) is 4.83 Å². The van der Waals surface area contributed by atoms with Crippen LogP contribution in [0.25, 0.3) is 0 Å². The number of alkyl halides is 2. The van der Waals surface area contributed by atoms with Crippen molar-refractivity contribution in [3.05, 3.63) is 29.8 Å². The zero-order chi connectivity index (χ0) is 13.1. The van der Waals surface area contributed by atoms with E-state index in [1.54, 1.807) is 12.1 Å². The highest BCUT2D eigenvalue weighted by molar-refractivity contribution is 7.89. The van der Waals surface area contributed by atoms with E-state index in [4.69, 9.17) is 23.2 Å². The Balaban J connectivity index is 2.90. The van der Waals surface area contributed by atoms with Gasteiger partial charge in [-0.1, -0.05) is 40.9 Å². The Bertz CT molecular complexity index is 510. The van der Waals surface area contributed by atoms with E-state index >= 15 is 0 Å². The number of hydrazone groups is 1. The van der Waals surface area contributed by atoms with Crippen LogP contribution in [-0.2, 0) is 10.0 Å². The zero-order valence-electron chi connectivity index (χ0n) is 9.31. The number of hydrogen-bond donors (Lipinski definition) is 1. The number of halogens is 2. The summed E-state index contributed by atoms with van der Waals surface area (Å²) >= 11 is 11.0. The first-order valence-corrected chi connectivity index (χ1v) is 7.09. The largest absolute Gasteiger partial charge is 0.276 e. The van der Waals surface area contributed by atoms with Crippen molar-refractivity contribution in [2.24, 2.45) is 5.10 Å². The van der Waals surface area contributed by atoms with Gasteiger partial charge < -0.3 is 0 Å². The molecule has 7 heteroatoms. The van der Waals surface area contributed by atoms with E-state index in [1.807, 2.05) is 6.92 Å². The van der Waals surface area contributed by atoms with Crippen LogP contribution in [0.1, 0.15) is 12.5 Å². The van der Waals surface area contributed by atoms with Gasteiger partial charge in [0.15, 0.2) is 0 Å². The lowest BCUT2D eigenvalue weighted by Crippen LogP contribution is -2.21. The minimum atomic E-state index is -3.66. The van der Waals surface area contributed by atoms with Crippen LogP contribution in [0.15, 0.2) is 34.3 Å². The first-order valence-electron chi connectivity index (χ1n) is 4.74. The Morgan fingerprint density at radius 3 is 2.29 bits per heavy atom. The summed E-state index contributed by atoms with van der Waals surface area (Å²) in [7, 11) is -3.66. The summed E-state index contributed by atoms with van der Waals surface area (Å²) < 4.78 is 23.5. The second-order valence-corrected chi connectivity index (χ2v) is 6.22. The summed E-state index contributed by atoms with van der Waals surface area (Å²) in [4.78, 5) is 1.37. The maximum Gasteiger partial charge on any atom is 0.276 e. The fraction of sp³-hybridized carbons (Fsp3) is 0.300. The fourth-order valence-corrected chi connectivity index (χ4v) is 1.91. The molecule has 0 amide bonds. The van der Waals surface area contributed by atoms with Crippen molar-refractivity contribution in [2.75, 3.05) is 0 Å². The third-order valence-electron chi connectivity index (χ3n) is 1.99. The van der Waals surface area contributed by atoms with E-state index in [1.165, 1.54) is 19.1 Å². The standard InChI is InChI=1S/C10H12Cl2N2O2S/c1-7-3-5-9(6-4-7)17(15,16)14-13-8(2)10(11)12/h3-6,10,14H,1-2H3/b13-8-. The van der Waals surface area contributed by atoms with E-state index in [2.05, 4.69) is 9.93 Å². The van der Waals surface area contributed by atoms with Gasteiger partial charge in [0.1, 0.15) is 4.84 Å². The SMILES string of the molecule is C/C(=N/NS(=O)(=O)c1ccc(C)cc1)C(Cl)Cl. The van der Waals surface area contributed by atoms with E-state index in [0.29, 0.717) is 0 Å². The van der Waals surface area contributed by atoms with Crippen LogP contribution in [-0.4, -0.2) is 19.0 Å². The number of nitrogens with zero attached hydrogens (tertiary/aromatic N) is 1. The van der Waals surface area contributed by atoms with E-state index in [0.717, 1.165) is 5.56 Å². The molecule has 0 atom stereocenters. The quantitative estimate of drug-likeness (QED) is 0.527. The minimum Gasteiger partial charge on any atom is -0.200 e. The number of sulfonamides is 1. The molecule has 0 spiro atoms. The summed E-state index contributed by atoms with van der Waals surface area (Å²) in [5, 5.41) is 3.61. The summed E-state index contributed by atoms with van der Waals surface area (Å²) in [5.74, 6) is 0. The highest BCUT2D eigenvalue weighted by Gasteiger charge is 2.13. The summed E-state index contributed by atoms with van der Waals surface area (Å²) in [6, 6.07) is 6.41. The number of aryl methyl sites for hydroxylation is 1. The molecular weight excluding hydrogens is 283 g/mol. The first kappa shape index (κ1) is 14.3. The van der Waals surface area contributed by atoms with Crippen LogP contribution in [0.2, 0.25) is 0 Å². The topological polar surface area (TPSA) is 58.5 Å². The monoisotopic (exact) mass is 294 g/mol. The highest BCUT2D eigenvalue weighted by Crippen LogP contribution is 2.10. The van der Waals surface area contributed by atoms with Crippen LogP contribution in [0.3, 0.4) is 0 Å². The maximum absolute atomic E-state index is 11.8. The Morgan fingerprint density at radius 2 is 1.82 bits per heavy atom. The Labute approximate surface area is 111 Å². The molecule has 1 rings (SSSR count). The molecule has 17 heavy (non-hydrogen) atoms. The Kier molecular flexibility index (Phi) is 4.80. The molecule has 0 bridgehead atoms. The van der Waals surface area contributed by atoms with Crippen molar-refractivity contribution in [2.45, 2.75) is 23.6 Å². The summed E-state index contributed by atoms with van der Waals surface area (Å²) in [5.41, 5.74) is 1.26. The van der Waals surface area contributed by atoms with Crippen LogP contribution in [0.5, 0.6) is 0 Å². The highest BCUT2D eigenvalue weighted by atomic mass is 35.5. The molecule has 0 aliphatic carbocycles. The van der Waals surface area contributed by atoms with Gasteiger partial charge in [-0.15, -0.1) is 0 Å². The summed E-state index contributed by atoms with van der Waals surface area (Å²) in [6.07, 6.45) is 0. The lowest BCUT2D eigenvalue weighted by Gasteiger charge is -2.05. The average molecular weight is 295 g/mol. The summed E-state index contributed by atoms with van der Waals surface area (Å²) in [6.45, 7) is 3.40. The second-order valence-electron chi connectivity index (χ2n) is 3.46. The number of nitrogens with one attached hydrogen (secondary N) is 1. The molecule has 0 unspecified atom stereocenters. The van der Waals surface area contributed by atoms with Crippen LogP contribution >= 0.6 is 23.2 Å². The first-order chi connectivity index (χ1) is 7.83. The molecule has 0 saturated carbocycles. The van der Waals surface area contributed by atoms with Gasteiger partial charge in [-0.2, -0.15) is 13.5 Å². The van der Waals surface area contributed by atoms with Crippen molar-refractivity contribution in [1.29, 1.82) is 0 Å². The lowest BCUT2D eigenvalue weighted by atomic mass is 10.2. The van der Waals surface area contributed by atoms with Gasteiger partial charge in [-0.05, 0) is 26.0 Å². The van der Waals surface area contributed by atoms with Crippen LogP contribution in [0, 0.1) is 6.92 Å². The maximum atomic E-state index is 11.8. The van der Waals surface area contributed by atoms with Gasteiger partial charge in [0.25, 0.3) is 10.0 Å². The molecule has 1 aromatic rings. The molecule has 0 heterocycles. The predicted molar refractivity (Wildman–Crippen MR) is 70.1 cm³/mol. The van der Waals surface area contributed by atoms with E-state index in [-0.39, 0.29) is 10.6 Å². The molecule has 1 N–H and O–H groups in total. The number of hydrogen-bond acceptors (Lipinski definition) is 3. The number of benzene rings is 1. The number of rotatable bonds is 4. The Morgan fingerprint density at radius 1 is 1.29 bits per heavy atom. The second kappa shape index (κ2) is 5.71. The third kappa shape index (κ3) is 4.18. The van der Waals surface area contributed by atoms with Crippen molar-refractivity contribution in [1.82, 2.24) is 4.83 Å². The molecule has 94 valence electrons. The minimum absolute atomic E-state index is 0.139. The van der Waals surface area contributed by atoms with Crippen molar-refractivity contribution >= 4 is 38.9 Å². The molecule has 0 radical (unpaired) electrons. The van der Waals surface area contributed by atoms with E-state index < -0.39 is 14.9 Å². The van der Waals surface area contributed by atoms with Crippen molar-refractivity contribution in [3.8, 4) is 0 Å². The molecular formula is C10H12Cl2N2O2S. The lowest BCUT2D eigenvalue weighted by molar-refractivity contribution is 0.584. The van der Waals surface area contributed by atoms with Crippen molar-refractivity contribution < 1.29 is 8.42 Å². The zero-order valence-corrected chi connectivity index (χ0v) is 11.6. The molecule has 0 fully saturated rings. The van der Waals surface area contributed by atoms with Gasteiger partial charge in [0, 0.05) is 0 Å². The Hall–Kier alpha value is -0.780. The van der Waals surface area contributed by atoms with Crippen LogP contribution < -0.4 is 4.83 Å².